The van der Waals surface area contributed by atoms with E-state index in [1.807, 2.05) is 18.0 Å². The highest BCUT2D eigenvalue weighted by Crippen LogP contribution is 2.32. The van der Waals surface area contributed by atoms with Crippen molar-refractivity contribution in [2.75, 3.05) is 20.6 Å². The molecule has 0 atom stereocenters. The summed E-state index contributed by atoms with van der Waals surface area (Å²) < 4.78 is 1.10. The van der Waals surface area contributed by atoms with Crippen molar-refractivity contribution in [1.82, 2.24) is 9.80 Å². The van der Waals surface area contributed by atoms with Crippen molar-refractivity contribution in [1.29, 1.82) is 5.26 Å². The SMILES string of the molecule is CN(CC(=O)N(C)C1(C#N)CCCCC1)Cc1ccc(Br)s1. The summed E-state index contributed by atoms with van der Waals surface area (Å²) in [6.07, 6.45) is 4.83. The third-order valence-electron chi connectivity index (χ3n) is 4.36. The van der Waals surface area contributed by atoms with Crippen LogP contribution in [0.5, 0.6) is 0 Å². The van der Waals surface area contributed by atoms with Crippen LogP contribution in [0.15, 0.2) is 15.9 Å². The molecule has 1 aromatic heterocycles. The van der Waals surface area contributed by atoms with Crippen molar-refractivity contribution in [3.63, 3.8) is 0 Å². The van der Waals surface area contributed by atoms with Crippen LogP contribution in [-0.2, 0) is 11.3 Å². The van der Waals surface area contributed by atoms with Crippen LogP contribution in [0, 0.1) is 11.3 Å². The van der Waals surface area contributed by atoms with Crippen molar-refractivity contribution >= 4 is 33.2 Å². The second kappa shape index (κ2) is 7.58. The molecule has 120 valence electrons. The Morgan fingerprint density at radius 3 is 2.59 bits per heavy atom. The smallest absolute Gasteiger partial charge is 0.237 e. The second-order valence-corrected chi connectivity index (χ2v) is 8.58. The number of likely N-dealkylation sites (N-methyl/N-ethyl adjacent to an activating group) is 2. The first-order chi connectivity index (χ1) is 10.5. The fraction of sp³-hybridized carbons (Fsp3) is 0.625. The number of rotatable bonds is 5. The van der Waals surface area contributed by atoms with Gasteiger partial charge in [-0.1, -0.05) is 19.3 Å². The molecule has 1 heterocycles. The van der Waals surface area contributed by atoms with E-state index in [2.05, 4.69) is 28.1 Å². The summed E-state index contributed by atoms with van der Waals surface area (Å²) in [6, 6.07) is 6.50. The summed E-state index contributed by atoms with van der Waals surface area (Å²) in [5.74, 6) is 0.0292. The Hall–Kier alpha value is -0.900. The Morgan fingerprint density at radius 1 is 1.36 bits per heavy atom. The lowest BCUT2D eigenvalue weighted by Crippen LogP contribution is -2.52. The zero-order chi connectivity index (χ0) is 16.2. The van der Waals surface area contributed by atoms with Crippen molar-refractivity contribution in [2.45, 2.75) is 44.2 Å². The Kier molecular flexibility index (Phi) is 6.01. The predicted octanol–water partition coefficient (Wildman–Crippen LogP) is 3.63. The van der Waals surface area contributed by atoms with Crippen LogP contribution < -0.4 is 0 Å². The molecule has 1 saturated carbocycles. The standard InChI is InChI=1S/C16H22BrN3OS/c1-19(10-13-6-7-14(17)22-13)11-15(21)20(2)16(12-18)8-4-3-5-9-16/h6-7H,3-5,8-11H2,1-2H3. The fourth-order valence-corrected chi connectivity index (χ4v) is 4.56. The summed E-state index contributed by atoms with van der Waals surface area (Å²) >= 11 is 5.13. The van der Waals surface area contributed by atoms with Crippen molar-refractivity contribution in [2.24, 2.45) is 0 Å². The monoisotopic (exact) mass is 383 g/mol. The van der Waals surface area contributed by atoms with Gasteiger partial charge < -0.3 is 4.90 Å². The van der Waals surface area contributed by atoms with Gasteiger partial charge in [-0.05, 0) is 48.0 Å². The Morgan fingerprint density at radius 2 is 2.05 bits per heavy atom. The molecule has 1 aliphatic carbocycles. The highest BCUT2D eigenvalue weighted by Gasteiger charge is 2.38. The van der Waals surface area contributed by atoms with E-state index in [-0.39, 0.29) is 5.91 Å². The van der Waals surface area contributed by atoms with Gasteiger partial charge in [0.1, 0.15) is 5.54 Å². The van der Waals surface area contributed by atoms with Crippen LogP contribution in [0.25, 0.3) is 0 Å². The van der Waals surface area contributed by atoms with Gasteiger partial charge in [0.05, 0.1) is 16.4 Å². The van der Waals surface area contributed by atoms with Crippen LogP contribution in [-0.4, -0.2) is 41.9 Å². The van der Waals surface area contributed by atoms with Gasteiger partial charge in [0.15, 0.2) is 0 Å². The number of carbonyl (C=O) groups is 1. The topological polar surface area (TPSA) is 47.3 Å². The maximum absolute atomic E-state index is 12.5. The molecular weight excluding hydrogens is 362 g/mol. The summed E-state index contributed by atoms with van der Waals surface area (Å²) in [4.78, 5) is 17.5. The van der Waals surface area contributed by atoms with Crippen molar-refractivity contribution in [3.8, 4) is 6.07 Å². The first-order valence-corrected chi connectivity index (χ1v) is 9.18. The highest BCUT2D eigenvalue weighted by molar-refractivity contribution is 9.11. The average Bonchev–Trinajstić information content (AvgIpc) is 2.91. The van der Waals surface area contributed by atoms with Crippen LogP contribution in [0.3, 0.4) is 0 Å². The Bertz CT molecular complexity index is 560. The maximum atomic E-state index is 12.5. The molecule has 2 rings (SSSR count). The van der Waals surface area contributed by atoms with E-state index in [1.165, 1.54) is 11.3 Å². The number of carbonyl (C=O) groups excluding carboxylic acids is 1. The van der Waals surface area contributed by atoms with Gasteiger partial charge in [-0.25, -0.2) is 0 Å². The molecule has 1 aromatic rings. The molecule has 0 bridgehead atoms. The van der Waals surface area contributed by atoms with Crippen LogP contribution in [0.2, 0.25) is 0 Å². The lowest BCUT2D eigenvalue weighted by molar-refractivity contribution is -0.135. The first kappa shape index (κ1) is 17.5. The van der Waals surface area contributed by atoms with Gasteiger partial charge in [0.2, 0.25) is 5.91 Å². The molecule has 22 heavy (non-hydrogen) atoms. The largest absolute Gasteiger partial charge is 0.326 e. The van der Waals surface area contributed by atoms with Crippen LogP contribution in [0.4, 0.5) is 0 Å². The molecule has 4 nitrogen and oxygen atoms in total. The molecule has 6 heteroatoms. The van der Waals surface area contributed by atoms with Gasteiger partial charge in [-0.15, -0.1) is 11.3 Å². The van der Waals surface area contributed by atoms with E-state index in [0.717, 1.165) is 36.0 Å². The summed E-state index contributed by atoms with van der Waals surface area (Å²) in [7, 11) is 3.73. The van der Waals surface area contributed by atoms with Gasteiger partial charge >= 0.3 is 0 Å². The molecule has 1 fully saturated rings. The number of nitriles is 1. The molecule has 0 radical (unpaired) electrons. The van der Waals surface area contributed by atoms with Crippen molar-refractivity contribution in [3.05, 3.63) is 20.8 Å². The van der Waals surface area contributed by atoms with E-state index in [9.17, 15) is 10.1 Å². The molecule has 0 aliphatic heterocycles. The number of hydrogen-bond donors (Lipinski definition) is 0. The van der Waals surface area contributed by atoms with E-state index in [1.54, 1.807) is 23.3 Å². The predicted molar refractivity (Wildman–Crippen MR) is 92.6 cm³/mol. The summed E-state index contributed by atoms with van der Waals surface area (Å²) in [5.41, 5.74) is -0.595. The molecule has 0 saturated heterocycles. The summed E-state index contributed by atoms with van der Waals surface area (Å²) in [5, 5.41) is 9.57. The lowest BCUT2D eigenvalue weighted by Gasteiger charge is -2.39. The first-order valence-electron chi connectivity index (χ1n) is 7.57. The molecule has 0 N–H and O–H groups in total. The minimum atomic E-state index is -0.595. The molecule has 1 aliphatic rings. The van der Waals surface area contributed by atoms with E-state index in [4.69, 9.17) is 0 Å². The average molecular weight is 384 g/mol. The van der Waals surface area contributed by atoms with E-state index >= 15 is 0 Å². The molecular formula is C16H22BrN3OS. The molecule has 1 amide bonds. The van der Waals surface area contributed by atoms with Gasteiger partial charge in [0, 0.05) is 18.5 Å². The van der Waals surface area contributed by atoms with Gasteiger partial charge in [-0.2, -0.15) is 5.26 Å². The van der Waals surface area contributed by atoms with Crippen molar-refractivity contribution < 1.29 is 4.79 Å². The normalized spacial score (nSPS) is 17.2. The summed E-state index contributed by atoms with van der Waals surface area (Å²) in [6.45, 7) is 1.09. The number of halogens is 1. The second-order valence-electron chi connectivity index (χ2n) is 6.03. The number of hydrogen-bond acceptors (Lipinski definition) is 4. The quantitative estimate of drug-likeness (QED) is 0.779. The van der Waals surface area contributed by atoms with Crippen LogP contribution in [0.1, 0.15) is 37.0 Å². The lowest BCUT2D eigenvalue weighted by atomic mass is 9.81. The Labute approximate surface area is 144 Å². The Balaban J connectivity index is 1.94. The minimum absolute atomic E-state index is 0.0292. The number of amides is 1. The fourth-order valence-electron chi connectivity index (χ4n) is 2.99. The molecule has 0 spiro atoms. The molecule has 0 aromatic carbocycles. The zero-order valence-corrected chi connectivity index (χ0v) is 15.5. The zero-order valence-electron chi connectivity index (χ0n) is 13.1. The minimum Gasteiger partial charge on any atom is -0.326 e. The van der Waals surface area contributed by atoms with Gasteiger partial charge in [-0.3, -0.25) is 9.69 Å². The number of thiophene rings is 1. The molecule has 0 unspecified atom stereocenters. The van der Waals surface area contributed by atoms with E-state index in [0.29, 0.717) is 6.54 Å². The highest BCUT2D eigenvalue weighted by atomic mass is 79.9. The third-order valence-corrected chi connectivity index (χ3v) is 5.97. The van der Waals surface area contributed by atoms with Crippen LogP contribution >= 0.6 is 27.3 Å². The van der Waals surface area contributed by atoms with Gasteiger partial charge in [0.25, 0.3) is 0 Å². The van der Waals surface area contributed by atoms with E-state index < -0.39 is 5.54 Å². The maximum Gasteiger partial charge on any atom is 0.237 e. The third kappa shape index (κ3) is 4.09. The number of nitrogens with zero attached hydrogens (tertiary/aromatic N) is 3.